The molecule has 4 rings (SSSR count). The molecule has 27 heavy (non-hydrogen) atoms. The zero-order valence-corrected chi connectivity index (χ0v) is 16.4. The molecule has 0 aliphatic rings. The van der Waals surface area contributed by atoms with Gasteiger partial charge in [-0.25, -0.2) is 9.97 Å². The highest BCUT2D eigenvalue weighted by Crippen LogP contribution is 2.26. The zero-order chi connectivity index (χ0) is 18.6. The van der Waals surface area contributed by atoms with E-state index < -0.39 is 0 Å². The molecule has 5 nitrogen and oxygen atoms in total. The predicted molar refractivity (Wildman–Crippen MR) is 112 cm³/mol. The molecule has 0 aliphatic heterocycles. The number of nitrogens with zero attached hydrogens (tertiary/aromatic N) is 2. The first kappa shape index (κ1) is 17.8. The Hall–Kier alpha value is -2.64. The SMILES string of the molecule is CCc1ccc(-c2csc(NC(=O)CSc3nc4ccccc4[nH]3)n2)cc1. The Bertz CT molecular complexity index is 1040. The predicted octanol–water partition coefficient (Wildman–Crippen LogP) is 4.98. The summed E-state index contributed by atoms with van der Waals surface area (Å²) in [5.41, 5.74) is 5.10. The number of hydrogen-bond donors (Lipinski definition) is 2. The number of para-hydroxylation sites is 2. The van der Waals surface area contributed by atoms with Crippen LogP contribution in [0.15, 0.2) is 59.1 Å². The van der Waals surface area contributed by atoms with Gasteiger partial charge in [0.05, 0.1) is 22.5 Å². The molecule has 1 amide bonds. The molecule has 7 heteroatoms. The lowest BCUT2D eigenvalue weighted by molar-refractivity contribution is -0.113. The van der Waals surface area contributed by atoms with Crippen LogP contribution in [0.3, 0.4) is 0 Å². The molecule has 0 bridgehead atoms. The van der Waals surface area contributed by atoms with Gasteiger partial charge in [-0.05, 0) is 24.1 Å². The van der Waals surface area contributed by atoms with Crippen LogP contribution in [0.1, 0.15) is 12.5 Å². The third kappa shape index (κ3) is 4.20. The van der Waals surface area contributed by atoms with Crippen molar-refractivity contribution in [3.8, 4) is 11.3 Å². The van der Waals surface area contributed by atoms with Gasteiger partial charge >= 0.3 is 0 Å². The van der Waals surface area contributed by atoms with Crippen LogP contribution in [0, 0.1) is 0 Å². The van der Waals surface area contributed by atoms with E-state index in [9.17, 15) is 4.79 Å². The number of aromatic nitrogens is 3. The number of thiazole rings is 1. The molecule has 4 aromatic rings. The Morgan fingerprint density at radius 2 is 1.96 bits per heavy atom. The molecule has 0 aliphatic carbocycles. The average molecular weight is 395 g/mol. The van der Waals surface area contributed by atoms with Crippen LogP contribution < -0.4 is 5.32 Å². The molecular formula is C20H18N4OS2. The van der Waals surface area contributed by atoms with Crippen molar-refractivity contribution in [1.82, 2.24) is 15.0 Å². The van der Waals surface area contributed by atoms with Crippen molar-refractivity contribution in [2.24, 2.45) is 0 Å². The summed E-state index contributed by atoms with van der Waals surface area (Å²) >= 11 is 2.81. The Kier molecular flexibility index (Phi) is 5.22. The second-order valence-corrected chi connectivity index (χ2v) is 7.81. The van der Waals surface area contributed by atoms with Crippen LogP contribution in [0.5, 0.6) is 0 Å². The van der Waals surface area contributed by atoms with Gasteiger partial charge < -0.3 is 10.3 Å². The zero-order valence-electron chi connectivity index (χ0n) is 14.7. The van der Waals surface area contributed by atoms with Crippen LogP contribution in [-0.4, -0.2) is 26.6 Å². The molecule has 0 atom stereocenters. The molecule has 136 valence electrons. The molecular weight excluding hydrogens is 376 g/mol. The standard InChI is InChI=1S/C20H18N4OS2/c1-2-13-7-9-14(10-8-13)17-11-26-20(23-17)24-18(25)12-27-19-21-15-5-3-4-6-16(15)22-19/h3-11H,2,12H2,1H3,(H,21,22)(H,23,24,25). The minimum Gasteiger partial charge on any atom is -0.333 e. The van der Waals surface area contributed by atoms with Crippen LogP contribution >= 0.6 is 23.1 Å². The van der Waals surface area contributed by atoms with Crippen LogP contribution in [0.2, 0.25) is 0 Å². The maximum absolute atomic E-state index is 12.2. The van der Waals surface area contributed by atoms with Crippen LogP contribution in [-0.2, 0) is 11.2 Å². The van der Waals surface area contributed by atoms with Crippen molar-refractivity contribution in [2.75, 3.05) is 11.1 Å². The smallest absolute Gasteiger partial charge is 0.236 e. The van der Waals surface area contributed by atoms with E-state index in [0.717, 1.165) is 33.9 Å². The van der Waals surface area contributed by atoms with Crippen molar-refractivity contribution in [1.29, 1.82) is 0 Å². The molecule has 0 fully saturated rings. The summed E-state index contributed by atoms with van der Waals surface area (Å²) in [5, 5.41) is 6.17. The maximum atomic E-state index is 12.2. The number of imidazole rings is 1. The van der Waals surface area contributed by atoms with Gasteiger partial charge in [0.2, 0.25) is 5.91 Å². The van der Waals surface area contributed by atoms with Gasteiger partial charge in [0, 0.05) is 10.9 Å². The molecule has 0 spiro atoms. The molecule has 0 saturated carbocycles. The summed E-state index contributed by atoms with van der Waals surface area (Å²) in [5.74, 6) is 0.183. The number of rotatable bonds is 6. The summed E-state index contributed by atoms with van der Waals surface area (Å²) in [6.07, 6.45) is 1.02. The fourth-order valence-electron chi connectivity index (χ4n) is 2.66. The summed E-state index contributed by atoms with van der Waals surface area (Å²) in [4.78, 5) is 24.4. The Morgan fingerprint density at radius 1 is 1.15 bits per heavy atom. The molecule has 2 N–H and O–H groups in total. The number of thioether (sulfide) groups is 1. The normalized spacial score (nSPS) is 11.0. The van der Waals surface area contributed by atoms with Gasteiger partial charge in [-0.1, -0.05) is 55.1 Å². The van der Waals surface area contributed by atoms with E-state index in [0.29, 0.717) is 5.13 Å². The van der Waals surface area contributed by atoms with Gasteiger partial charge in [0.15, 0.2) is 10.3 Å². The number of nitrogens with one attached hydrogen (secondary N) is 2. The number of aromatic amines is 1. The van der Waals surface area contributed by atoms with Gasteiger partial charge in [0.1, 0.15) is 0 Å². The average Bonchev–Trinajstić information content (AvgIpc) is 3.33. The molecule has 0 unspecified atom stereocenters. The first-order valence-corrected chi connectivity index (χ1v) is 10.5. The second kappa shape index (κ2) is 7.94. The lowest BCUT2D eigenvalue weighted by Gasteiger charge is -2.01. The lowest BCUT2D eigenvalue weighted by atomic mass is 10.1. The summed E-state index contributed by atoms with van der Waals surface area (Å²) in [6.45, 7) is 2.13. The fraction of sp³-hybridized carbons (Fsp3) is 0.150. The number of hydrogen-bond acceptors (Lipinski definition) is 5. The van der Waals surface area contributed by atoms with E-state index in [1.165, 1.54) is 28.7 Å². The van der Waals surface area contributed by atoms with Crippen molar-refractivity contribution in [3.63, 3.8) is 0 Å². The van der Waals surface area contributed by atoms with Crippen molar-refractivity contribution < 1.29 is 4.79 Å². The molecule has 0 saturated heterocycles. The maximum Gasteiger partial charge on any atom is 0.236 e. The molecule has 2 heterocycles. The third-order valence-corrected chi connectivity index (χ3v) is 5.75. The first-order valence-electron chi connectivity index (χ1n) is 8.63. The lowest BCUT2D eigenvalue weighted by Crippen LogP contribution is -2.13. The molecule has 2 aromatic carbocycles. The topological polar surface area (TPSA) is 70.7 Å². The van der Waals surface area contributed by atoms with E-state index in [1.54, 1.807) is 0 Å². The number of carbonyl (C=O) groups excluding carboxylic acids is 1. The number of anilines is 1. The summed E-state index contributed by atoms with van der Waals surface area (Å²) < 4.78 is 0. The second-order valence-electron chi connectivity index (χ2n) is 5.98. The fourth-order valence-corrected chi connectivity index (χ4v) is 4.08. The Labute approximate surface area is 165 Å². The highest BCUT2D eigenvalue weighted by atomic mass is 32.2. The van der Waals surface area contributed by atoms with Gasteiger partial charge in [-0.3, -0.25) is 4.79 Å². The first-order chi connectivity index (χ1) is 13.2. The van der Waals surface area contributed by atoms with E-state index >= 15 is 0 Å². The van der Waals surface area contributed by atoms with E-state index in [2.05, 4.69) is 51.5 Å². The monoisotopic (exact) mass is 394 g/mol. The van der Waals surface area contributed by atoms with E-state index in [-0.39, 0.29) is 11.7 Å². The summed E-state index contributed by atoms with van der Waals surface area (Å²) in [7, 11) is 0. The number of H-pyrrole nitrogens is 1. The van der Waals surface area contributed by atoms with Crippen LogP contribution in [0.4, 0.5) is 5.13 Å². The van der Waals surface area contributed by atoms with E-state index in [4.69, 9.17) is 0 Å². The number of benzene rings is 2. The van der Waals surface area contributed by atoms with Crippen molar-refractivity contribution in [3.05, 3.63) is 59.5 Å². The van der Waals surface area contributed by atoms with Gasteiger partial charge in [-0.15, -0.1) is 11.3 Å². The Balaban J connectivity index is 1.36. The number of amides is 1. The number of carbonyl (C=O) groups is 1. The Morgan fingerprint density at radius 3 is 2.74 bits per heavy atom. The highest BCUT2D eigenvalue weighted by molar-refractivity contribution is 7.99. The van der Waals surface area contributed by atoms with Crippen LogP contribution in [0.25, 0.3) is 22.3 Å². The quantitative estimate of drug-likeness (QED) is 0.453. The highest BCUT2D eigenvalue weighted by Gasteiger charge is 2.10. The minimum absolute atomic E-state index is 0.0947. The van der Waals surface area contributed by atoms with Gasteiger partial charge in [-0.2, -0.15) is 0 Å². The van der Waals surface area contributed by atoms with Gasteiger partial charge in [0.25, 0.3) is 0 Å². The summed E-state index contributed by atoms with van der Waals surface area (Å²) in [6, 6.07) is 16.2. The number of fused-ring (bicyclic) bond motifs is 1. The largest absolute Gasteiger partial charge is 0.333 e. The number of aryl methyl sites for hydroxylation is 1. The third-order valence-electron chi connectivity index (χ3n) is 4.12. The van der Waals surface area contributed by atoms with E-state index in [1.807, 2.05) is 29.6 Å². The van der Waals surface area contributed by atoms with Crippen molar-refractivity contribution in [2.45, 2.75) is 18.5 Å². The van der Waals surface area contributed by atoms with Crippen molar-refractivity contribution >= 4 is 45.2 Å². The molecule has 2 aromatic heterocycles. The minimum atomic E-state index is -0.0947. The molecule has 0 radical (unpaired) electrons.